The molecule has 2 heterocycles. The van der Waals surface area contributed by atoms with E-state index in [-0.39, 0.29) is 6.54 Å². The van der Waals surface area contributed by atoms with Crippen LogP contribution in [0.25, 0.3) is 5.69 Å². The van der Waals surface area contributed by atoms with Crippen molar-refractivity contribution in [1.82, 2.24) is 19.6 Å². The number of carboxylic acids is 1. The van der Waals surface area contributed by atoms with Crippen LogP contribution in [0.3, 0.4) is 0 Å². The Hall–Kier alpha value is -1.89. The molecule has 1 fully saturated rings. The molecule has 1 aliphatic heterocycles. The molecule has 6 nitrogen and oxygen atoms in total. The lowest BCUT2D eigenvalue weighted by atomic mass is 10.0. The Morgan fingerprint density at radius 2 is 1.96 bits per heavy atom. The molecule has 0 saturated carbocycles. The highest BCUT2D eigenvalue weighted by molar-refractivity contribution is 6.30. The Labute approximate surface area is 159 Å². The van der Waals surface area contributed by atoms with Crippen molar-refractivity contribution in [1.29, 1.82) is 0 Å². The fourth-order valence-electron chi connectivity index (χ4n) is 3.53. The van der Waals surface area contributed by atoms with Gasteiger partial charge in [-0.25, -0.2) is 4.68 Å². The van der Waals surface area contributed by atoms with Gasteiger partial charge in [0.1, 0.15) is 0 Å². The molecule has 0 spiro atoms. The number of hydrogen-bond acceptors (Lipinski definition) is 4. The average molecular weight is 377 g/mol. The van der Waals surface area contributed by atoms with Gasteiger partial charge in [0.15, 0.2) is 0 Å². The summed E-state index contributed by atoms with van der Waals surface area (Å²) in [5, 5.41) is 14.4. The molecule has 1 aliphatic rings. The predicted octanol–water partition coefficient (Wildman–Crippen LogP) is 2.90. The Bertz CT molecular complexity index is 723. The van der Waals surface area contributed by atoms with E-state index in [4.69, 9.17) is 16.7 Å². The van der Waals surface area contributed by atoms with Crippen LogP contribution >= 0.6 is 11.6 Å². The van der Waals surface area contributed by atoms with Crippen LogP contribution in [-0.2, 0) is 11.3 Å². The van der Waals surface area contributed by atoms with E-state index in [1.807, 2.05) is 48.1 Å². The van der Waals surface area contributed by atoms with E-state index in [9.17, 15) is 4.79 Å². The van der Waals surface area contributed by atoms with Gasteiger partial charge < -0.3 is 5.11 Å². The third-order valence-electron chi connectivity index (χ3n) is 4.94. The molecule has 26 heavy (non-hydrogen) atoms. The first-order valence-electron chi connectivity index (χ1n) is 9.04. The van der Waals surface area contributed by atoms with Crippen molar-refractivity contribution >= 4 is 17.6 Å². The van der Waals surface area contributed by atoms with Crippen LogP contribution in [-0.4, -0.2) is 62.9 Å². The standard InChI is InChI=1S/C19H25ClN4O2/c1-2-23(14-19(25)26)17-8-10-22(11-9-17)13-16-7-12-24(21-16)18-5-3-15(20)4-6-18/h3-7,12,17H,2,8-11,13-14H2,1H3,(H,25,26). The van der Waals surface area contributed by atoms with Gasteiger partial charge in [0.05, 0.1) is 17.9 Å². The summed E-state index contributed by atoms with van der Waals surface area (Å²) in [5.41, 5.74) is 2.03. The van der Waals surface area contributed by atoms with Crippen LogP contribution in [0.4, 0.5) is 0 Å². The second-order valence-electron chi connectivity index (χ2n) is 6.69. The van der Waals surface area contributed by atoms with Crippen molar-refractivity contribution in [2.24, 2.45) is 0 Å². The number of piperidine rings is 1. The second kappa shape index (κ2) is 8.66. The van der Waals surface area contributed by atoms with E-state index in [1.54, 1.807) is 0 Å². The summed E-state index contributed by atoms with van der Waals surface area (Å²) >= 11 is 5.93. The zero-order chi connectivity index (χ0) is 18.5. The monoisotopic (exact) mass is 376 g/mol. The Morgan fingerprint density at radius 1 is 1.27 bits per heavy atom. The lowest BCUT2D eigenvalue weighted by Gasteiger charge is -2.37. The van der Waals surface area contributed by atoms with Crippen molar-refractivity contribution < 1.29 is 9.90 Å². The number of carbonyl (C=O) groups is 1. The normalized spacial score (nSPS) is 16.3. The maximum Gasteiger partial charge on any atom is 0.317 e. The maximum absolute atomic E-state index is 11.0. The Kier molecular flexibility index (Phi) is 6.29. The minimum Gasteiger partial charge on any atom is -0.480 e. The number of carboxylic acid groups (broad SMARTS) is 1. The molecule has 3 rings (SSSR count). The van der Waals surface area contributed by atoms with Crippen molar-refractivity contribution in [3.05, 3.63) is 47.2 Å². The van der Waals surface area contributed by atoms with E-state index < -0.39 is 5.97 Å². The number of halogens is 1. The highest BCUT2D eigenvalue weighted by Crippen LogP contribution is 2.19. The minimum atomic E-state index is -0.748. The lowest BCUT2D eigenvalue weighted by molar-refractivity contribution is -0.139. The molecule has 0 atom stereocenters. The van der Waals surface area contributed by atoms with E-state index in [1.165, 1.54) is 0 Å². The van der Waals surface area contributed by atoms with Gasteiger partial charge in [-0.15, -0.1) is 0 Å². The Morgan fingerprint density at radius 3 is 2.58 bits per heavy atom. The Balaban J connectivity index is 1.53. The number of rotatable bonds is 7. The lowest BCUT2D eigenvalue weighted by Crippen LogP contribution is -2.46. The molecule has 0 bridgehead atoms. The van der Waals surface area contributed by atoms with Crippen LogP contribution < -0.4 is 0 Å². The molecule has 0 amide bonds. The number of aromatic nitrogens is 2. The summed E-state index contributed by atoms with van der Waals surface area (Å²) in [6, 6.07) is 10.0. The first-order chi connectivity index (χ1) is 12.5. The average Bonchev–Trinajstić information content (AvgIpc) is 3.09. The second-order valence-corrected chi connectivity index (χ2v) is 7.13. The van der Waals surface area contributed by atoms with Crippen molar-refractivity contribution in [3.63, 3.8) is 0 Å². The molecule has 140 valence electrons. The van der Waals surface area contributed by atoms with Crippen LogP contribution in [0, 0.1) is 0 Å². The predicted molar refractivity (Wildman–Crippen MR) is 102 cm³/mol. The largest absolute Gasteiger partial charge is 0.480 e. The zero-order valence-corrected chi connectivity index (χ0v) is 15.8. The molecule has 1 aromatic carbocycles. The number of likely N-dealkylation sites (N-methyl/N-ethyl adjacent to an activating group) is 1. The number of aliphatic carboxylic acids is 1. The van der Waals surface area contributed by atoms with Crippen LogP contribution in [0.5, 0.6) is 0 Å². The van der Waals surface area contributed by atoms with Crippen molar-refractivity contribution in [3.8, 4) is 5.69 Å². The van der Waals surface area contributed by atoms with Crippen LogP contribution in [0.1, 0.15) is 25.5 Å². The van der Waals surface area contributed by atoms with Gasteiger partial charge in [0.2, 0.25) is 0 Å². The topological polar surface area (TPSA) is 61.6 Å². The van der Waals surface area contributed by atoms with E-state index >= 15 is 0 Å². The van der Waals surface area contributed by atoms with E-state index in [0.29, 0.717) is 11.1 Å². The quantitative estimate of drug-likeness (QED) is 0.805. The molecule has 0 unspecified atom stereocenters. The highest BCUT2D eigenvalue weighted by atomic mass is 35.5. The van der Waals surface area contributed by atoms with Crippen molar-refractivity contribution in [2.45, 2.75) is 32.4 Å². The van der Waals surface area contributed by atoms with Gasteiger partial charge in [0, 0.05) is 36.9 Å². The van der Waals surface area contributed by atoms with Gasteiger partial charge >= 0.3 is 5.97 Å². The fraction of sp³-hybridized carbons (Fsp3) is 0.474. The molecular formula is C19H25ClN4O2. The molecule has 0 aliphatic carbocycles. The maximum atomic E-state index is 11.0. The first-order valence-corrected chi connectivity index (χ1v) is 9.41. The number of benzene rings is 1. The number of nitrogens with zero attached hydrogens (tertiary/aromatic N) is 4. The summed E-state index contributed by atoms with van der Waals surface area (Å²) < 4.78 is 1.87. The summed E-state index contributed by atoms with van der Waals surface area (Å²) in [6.45, 7) is 5.69. The third-order valence-corrected chi connectivity index (χ3v) is 5.19. The third kappa shape index (κ3) is 4.84. The summed E-state index contributed by atoms with van der Waals surface area (Å²) in [4.78, 5) is 15.4. The first kappa shape index (κ1) is 18.9. The zero-order valence-electron chi connectivity index (χ0n) is 15.0. The van der Waals surface area contributed by atoms with E-state index in [0.717, 1.165) is 50.4 Å². The van der Waals surface area contributed by atoms with Gasteiger partial charge in [-0.2, -0.15) is 5.10 Å². The van der Waals surface area contributed by atoms with Crippen molar-refractivity contribution in [2.75, 3.05) is 26.2 Å². The number of hydrogen-bond donors (Lipinski definition) is 1. The molecule has 2 aromatic rings. The summed E-state index contributed by atoms with van der Waals surface area (Å²) in [6.07, 6.45) is 3.97. The SMILES string of the molecule is CCN(CC(=O)O)C1CCN(Cc2ccn(-c3ccc(Cl)cc3)n2)CC1. The highest BCUT2D eigenvalue weighted by Gasteiger charge is 2.25. The molecular weight excluding hydrogens is 352 g/mol. The number of likely N-dealkylation sites (tertiary alicyclic amines) is 1. The van der Waals surface area contributed by atoms with Gasteiger partial charge in [-0.05, 0) is 49.7 Å². The van der Waals surface area contributed by atoms with E-state index in [2.05, 4.69) is 14.9 Å². The van der Waals surface area contributed by atoms with Gasteiger partial charge in [-0.3, -0.25) is 14.6 Å². The van der Waals surface area contributed by atoms with Gasteiger partial charge in [0.25, 0.3) is 0 Å². The smallest absolute Gasteiger partial charge is 0.317 e. The van der Waals surface area contributed by atoms with Gasteiger partial charge in [-0.1, -0.05) is 18.5 Å². The van der Waals surface area contributed by atoms with Crippen LogP contribution in [0.2, 0.25) is 5.02 Å². The minimum absolute atomic E-state index is 0.132. The summed E-state index contributed by atoms with van der Waals surface area (Å²) in [7, 11) is 0. The molecule has 0 radical (unpaired) electrons. The van der Waals surface area contributed by atoms with Crippen LogP contribution in [0.15, 0.2) is 36.5 Å². The molecule has 1 N–H and O–H groups in total. The molecule has 1 aromatic heterocycles. The fourth-order valence-corrected chi connectivity index (χ4v) is 3.65. The summed E-state index contributed by atoms with van der Waals surface area (Å²) in [5.74, 6) is -0.748. The molecule has 7 heteroatoms. The molecule has 1 saturated heterocycles.